The van der Waals surface area contributed by atoms with Crippen LogP contribution < -0.4 is 16.8 Å². The molecule has 1 fully saturated rings. The molecule has 94 valence electrons. The monoisotopic (exact) mass is 253 g/mol. The second kappa shape index (κ2) is 5.62. The molecule has 1 saturated carbocycles. The van der Waals surface area contributed by atoms with Crippen LogP contribution in [0.2, 0.25) is 0 Å². The third kappa shape index (κ3) is 3.52. The fourth-order valence-electron chi connectivity index (χ4n) is 2.17. The Kier molecular flexibility index (Phi) is 4.15. The molecule has 4 nitrogen and oxygen atoms in total. The summed E-state index contributed by atoms with van der Waals surface area (Å²) in [6.07, 6.45) is 4.51. The predicted molar refractivity (Wildman–Crippen MR) is 69.9 cm³/mol. The predicted octanol–water partition coefficient (Wildman–Crippen LogP) is 1.21. The van der Waals surface area contributed by atoms with Crippen molar-refractivity contribution in [3.63, 3.8) is 0 Å². The Balaban J connectivity index is 1.79. The highest BCUT2D eigenvalue weighted by molar-refractivity contribution is 7.10. The molecule has 1 heterocycles. The molecular weight excluding hydrogens is 234 g/mol. The average Bonchev–Trinajstić information content (AvgIpc) is 2.77. The molecule has 1 amide bonds. The first-order valence-electron chi connectivity index (χ1n) is 6.01. The lowest BCUT2D eigenvalue weighted by atomic mass is 9.92. The minimum atomic E-state index is -0.351. The van der Waals surface area contributed by atoms with E-state index in [1.165, 1.54) is 0 Å². The number of thiophene rings is 1. The first-order chi connectivity index (χ1) is 8.15. The molecule has 1 aromatic heterocycles. The van der Waals surface area contributed by atoms with Gasteiger partial charge in [-0.25, -0.2) is 0 Å². The van der Waals surface area contributed by atoms with Gasteiger partial charge in [-0.2, -0.15) is 0 Å². The van der Waals surface area contributed by atoms with E-state index in [4.69, 9.17) is 11.5 Å². The summed E-state index contributed by atoms with van der Waals surface area (Å²) in [5.74, 6) is -0.351. The summed E-state index contributed by atoms with van der Waals surface area (Å²) in [4.78, 5) is 12.1. The van der Waals surface area contributed by atoms with Gasteiger partial charge in [0.2, 0.25) is 5.91 Å². The van der Waals surface area contributed by atoms with Crippen LogP contribution in [-0.2, 0) is 6.54 Å². The Morgan fingerprint density at radius 1 is 1.41 bits per heavy atom. The molecule has 2 rings (SSSR count). The molecule has 1 aromatic rings. The zero-order valence-electron chi connectivity index (χ0n) is 9.82. The topological polar surface area (TPSA) is 81.1 Å². The van der Waals surface area contributed by atoms with E-state index < -0.39 is 0 Å². The highest BCUT2D eigenvalue weighted by Crippen LogP contribution is 2.19. The number of carbonyl (C=O) groups is 1. The Morgan fingerprint density at radius 3 is 2.71 bits per heavy atom. The SMILES string of the molecule is NC(=O)c1csc(CNC2CCC(N)CC2)c1. The van der Waals surface area contributed by atoms with E-state index in [1.807, 2.05) is 11.4 Å². The van der Waals surface area contributed by atoms with Gasteiger partial charge in [0.15, 0.2) is 0 Å². The molecule has 5 N–H and O–H groups in total. The van der Waals surface area contributed by atoms with E-state index in [0.717, 1.165) is 37.1 Å². The van der Waals surface area contributed by atoms with Crippen molar-refractivity contribution in [2.75, 3.05) is 0 Å². The van der Waals surface area contributed by atoms with Gasteiger partial charge >= 0.3 is 0 Å². The highest BCUT2D eigenvalue weighted by atomic mass is 32.1. The molecule has 0 atom stereocenters. The maximum atomic E-state index is 11.0. The van der Waals surface area contributed by atoms with Crippen molar-refractivity contribution < 1.29 is 4.79 Å². The van der Waals surface area contributed by atoms with Crippen LogP contribution in [0.5, 0.6) is 0 Å². The molecule has 0 saturated heterocycles. The van der Waals surface area contributed by atoms with Gasteiger partial charge in [0.05, 0.1) is 5.56 Å². The molecule has 0 spiro atoms. The summed E-state index contributed by atoms with van der Waals surface area (Å²) in [7, 11) is 0. The highest BCUT2D eigenvalue weighted by Gasteiger charge is 2.18. The van der Waals surface area contributed by atoms with Crippen molar-refractivity contribution in [3.05, 3.63) is 21.9 Å². The van der Waals surface area contributed by atoms with Crippen molar-refractivity contribution in [3.8, 4) is 0 Å². The third-order valence-electron chi connectivity index (χ3n) is 3.28. The van der Waals surface area contributed by atoms with E-state index in [0.29, 0.717) is 17.6 Å². The first-order valence-corrected chi connectivity index (χ1v) is 6.89. The minimum absolute atomic E-state index is 0.351. The van der Waals surface area contributed by atoms with E-state index in [2.05, 4.69) is 5.32 Å². The van der Waals surface area contributed by atoms with Crippen LogP contribution in [0.4, 0.5) is 0 Å². The van der Waals surface area contributed by atoms with Crippen molar-refractivity contribution >= 4 is 17.2 Å². The van der Waals surface area contributed by atoms with Crippen LogP contribution in [0.1, 0.15) is 40.9 Å². The largest absolute Gasteiger partial charge is 0.366 e. The second-order valence-electron chi connectivity index (χ2n) is 4.66. The third-order valence-corrected chi connectivity index (χ3v) is 4.21. The molecule has 1 aliphatic carbocycles. The van der Waals surface area contributed by atoms with Crippen LogP contribution >= 0.6 is 11.3 Å². The smallest absolute Gasteiger partial charge is 0.249 e. The Hall–Kier alpha value is -0.910. The van der Waals surface area contributed by atoms with Crippen LogP contribution in [0.3, 0.4) is 0 Å². The summed E-state index contributed by atoms with van der Waals surface area (Å²) in [6, 6.07) is 2.82. The Bertz CT molecular complexity index is 383. The maximum Gasteiger partial charge on any atom is 0.249 e. The molecule has 17 heavy (non-hydrogen) atoms. The fourth-order valence-corrected chi connectivity index (χ4v) is 3.00. The first kappa shape index (κ1) is 12.5. The molecular formula is C12H19N3OS. The van der Waals surface area contributed by atoms with E-state index in [1.54, 1.807) is 11.3 Å². The summed E-state index contributed by atoms with van der Waals surface area (Å²) in [5, 5.41) is 5.33. The number of carbonyl (C=O) groups excluding carboxylic acids is 1. The quantitative estimate of drug-likeness (QED) is 0.754. The van der Waals surface area contributed by atoms with Gasteiger partial charge in [0, 0.05) is 28.9 Å². The van der Waals surface area contributed by atoms with Crippen molar-refractivity contribution in [1.82, 2.24) is 5.32 Å². The number of rotatable bonds is 4. The standard InChI is InChI=1S/C12H19N3OS/c13-9-1-3-10(4-2-9)15-6-11-5-8(7-17-11)12(14)16/h5,7,9-10,15H,1-4,6,13H2,(H2,14,16). The molecule has 0 unspecified atom stereocenters. The van der Waals surface area contributed by atoms with E-state index in [9.17, 15) is 4.79 Å². The number of amides is 1. The number of primary amides is 1. The van der Waals surface area contributed by atoms with Crippen molar-refractivity contribution in [2.24, 2.45) is 11.5 Å². The van der Waals surface area contributed by atoms with Gasteiger partial charge < -0.3 is 16.8 Å². The van der Waals surface area contributed by atoms with Gasteiger partial charge in [0.1, 0.15) is 0 Å². The van der Waals surface area contributed by atoms with Crippen molar-refractivity contribution in [2.45, 2.75) is 44.3 Å². The van der Waals surface area contributed by atoms with Gasteiger partial charge in [-0.15, -0.1) is 11.3 Å². The lowest BCUT2D eigenvalue weighted by molar-refractivity contribution is 0.100. The summed E-state index contributed by atoms with van der Waals surface area (Å²) in [6.45, 7) is 0.817. The molecule has 1 aliphatic rings. The minimum Gasteiger partial charge on any atom is -0.366 e. The zero-order valence-corrected chi connectivity index (χ0v) is 10.6. The Morgan fingerprint density at radius 2 is 2.12 bits per heavy atom. The fraction of sp³-hybridized carbons (Fsp3) is 0.583. The molecule has 0 radical (unpaired) electrons. The van der Waals surface area contributed by atoms with Crippen LogP contribution in [0.25, 0.3) is 0 Å². The normalized spacial score (nSPS) is 24.8. The number of nitrogens with two attached hydrogens (primary N) is 2. The van der Waals surface area contributed by atoms with Crippen LogP contribution in [0.15, 0.2) is 11.4 Å². The second-order valence-corrected chi connectivity index (χ2v) is 5.65. The summed E-state index contributed by atoms with van der Waals surface area (Å²) < 4.78 is 0. The maximum absolute atomic E-state index is 11.0. The number of hydrogen-bond donors (Lipinski definition) is 3. The zero-order chi connectivity index (χ0) is 12.3. The van der Waals surface area contributed by atoms with Gasteiger partial charge in [-0.3, -0.25) is 4.79 Å². The van der Waals surface area contributed by atoms with Gasteiger partial charge in [-0.1, -0.05) is 0 Å². The van der Waals surface area contributed by atoms with Crippen LogP contribution in [0, 0.1) is 0 Å². The van der Waals surface area contributed by atoms with E-state index in [-0.39, 0.29) is 5.91 Å². The lowest BCUT2D eigenvalue weighted by Crippen LogP contribution is -2.36. The lowest BCUT2D eigenvalue weighted by Gasteiger charge is -2.26. The van der Waals surface area contributed by atoms with Crippen molar-refractivity contribution in [1.29, 1.82) is 0 Å². The molecule has 0 aromatic carbocycles. The number of hydrogen-bond acceptors (Lipinski definition) is 4. The van der Waals surface area contributed by atoms with Crippen LogP contribution in [-0.4, -0.2) is 18.0 Å². The molecule has 5 heteroatoms. The summed E-state index contributed by atoms with van der Waals surface area (Å²) in [5.41, 5.74) is 11.7. The van der Waals surface area contributed by atoms with Gasteiger partial charge in [0.25, 0.3) is 0 Å². The number of nitrogens with one attached hydrogen (secondary N) is 1. The summed E-state index contributed by atoms with van der Waals surface area (Å²) >= 11 is 1.58. The van der Waals surface area contributed by atoms with Gasteiger partial charge in [-0.05, 0) is 31.7 Å². The molecule has 0 aliphatic heterocycles. The Labute approximate surface area is 105 Å². The average molecular weight is 253 g/mol. The van der Waals surface area contributed by atoms with E-state index >= 15 is 0 Å². The molecule has 0 bridgehead atoms.